The van der Waals surface area contributed by atoms with Crippen LogP contribution in [-0.2, 0) is 6.42 Å². The van der Waals surface area contributed by atoms with Crippen molar-refractivity contribution in [2.45, 2.75) is 34.1 Å². The lowest BCUT2D eigenvalue weighted by Gasteiger charge is -2.19. The Morgan fingerprint density at radius 3 is 2.27 bits per heavy atom. The highest BCUT2D eigenvalue weighted by Crippen LogP contribution is 2.29. The number of nitrogens with zero attached hydrogens (tertiary/aromatic N) is 3. The molecule has 0 aliphatic carbocycles. The summed E-state index contributed by atoms with van der Waals surface area (Å²) in [5.74, 6) is 1.29. The van der Waals surface area contributed by atoms with Crippen LogP contribution >= 0.6 is 0 Å². The Balaban J connectivity index is 1.67. The summed E-state index contributed by atoms with van der Waals surface area (Å²) in [6.45, 7) is 8.82. The number of benzene rings is 3. The Morgan fingerprint density at radius 1 is 0.838 bits per heavy atom. The van der Waals surface area contributed by atoms with Crippen LogP contribution in [0.15, 0.2) is 60.7 Å². The van der Waals surface area contributed by atoms with Crippen LogP contribution in [0.3, 0.4) is 0 Å². The fourth-order valence-corrected chi connectivity index (χ4v) is 4.34. The van der Waals surface area contributed by atoms with Crippen LogP contribution in [0.1, 0.15) is 38.3 Å². The highest BCUT2D eigenvalue weighted by atomic mass is 16.5. The van der Waals surface area contributed by atoms with Crippen molar-refractivity contribution in [1.82, 2.24) is 14.7 Å². The summed E-state index contributed by atoms with van der Waals surface area (Å²) >= 11 is 0. The molecule has 0 N–H and O–H groups in total. The molecule has 0 unspecified atom stereocenters. The maximum atomic E-state index is 13.8. The van der Waals surface area contributed by atoms with Crippen molar-refractivity contribution in [3.63, 3.8) is 0 Å². The van der Waals surface area contributed by atoms with Crippen molar-refractivity contribution in [2.75, 3.05) is 27.8 Å². The summed E-state index contributed by atoms with van der Waals surface area (Å²) < 4.78 is 12.6. The summed E-state index contributed by atoms with van der Waals surface area (Å²) in [5, 5.41) is 4.93. The number of carbonyl (C=O) groups excluding carboxylic acids is 1. The van der Waals surface area contributed by atoms with E-state index in [1.54, 1.807) is 23.8 Å². The van der Waals surface area contributed by atoms with E-state index in [0.29, 0.717) is 30.2 Å². The minimum atomic E-state index is -0.0797. The summed E-state index contributed by atoms with van der Waals surface area (Å²) in [5.41, 5.74) is 8.88. The Labute approximate surface area is 219 Å². The van der Waals surface area contributed by atoms with Gasteiger partial charge in [-0.25, -0.2) is 4.68 Å². The predicted octanol–water partition coefficient (Wildman–Crippen LogP) is 6.10. The molecule has 0 aliphatic rings. The van der Waals surface area contributed by atoms with Gasteiger partial charge in [0, 0.05) is 19.2 Å². The van der Waals surface area contributed by atoms with Crippen LogP contribution in [0.2, 0.25) is 0 Å². The summed E-state index contributed by atoms with van der Waals surface area (Å²) in [6, 6.07) is 20.2. The smallest absolute Gasteiger partial charge is 0.272 e. The van der Waals surface area contributed by atoms with Gasteiger partial charge in [-0.3, -0.25) is 4.79 Å². The van der Waals surface area contributed by atoms with Crippen molar-refractivity contribution >= 4 is 5.91 Å². The number of ether oxygens (including phenoxy) is 2. The van der Waals surface area contributed by atoms with E-state index in [2.05, 4.69) is 50.2 Å². The molecule has 37 heavy (non-hydrogen) atoms. The van der Waals surface area contributed by atoms with Crippen molar-refractivity contribution in [1.29, 1.82) is 0 Å². The molecule has 4 aromatic rings. The monoisotopic (exact) mass is 497 g/mol. The second-order valence-corrected chi connectivity index (χ2v) is 9.58. The van der Waals surface area contributed by atoms with Gasteiger partial charge in [0.2, 0.25) is 0 Å². The van der Waals surface area contributed by atoms with Gasteiger partial charge in [0.15, 0.2) is 11.5 Å². The molecule has 0 radical (unpaired) electrons. The fourth-order valence-electron chi connectivity index (χ4n) is 4.34. The average Bonchev–Trinajstić information content (AvgIpc) is 3.34. The number of aryl methyl sites for hydroxylation is 4. The van der Waals surface area contributed by atoms with Gasteiger partial charge in [-0.15, -0.1) is 0 Å². The topological polar surface area (TPSA) is 56.6 Å². The van der Waals surface area contributed by atoms with Crippen molar-refractivity contribution < 1.29 is 14.3 Å². The normalized spacial score (nSPS) is 10.9. The lowest BCUT2D eigenvalue weighted by molar-refractivity contribution is 0.0787. The van der Waals surface area contributed by atoms with Gasteiger partial charge >= 0.3 is 0 Å². The molecule has 6 heteroatoms. The lowest BCUT2D eigenvalue weighted by atomic mass is 10.0. The van der Waals surface area contributed by atoms with Crippen LogP contribution in [0.4, 0.5) is 0 Å². The average molecular weight is 498 g/mol. The minimum Gasteiger partial charge on any atom is -0.493 e. The molecule has 0 saturated carbocycles. The molecular weight excluding hydrogens is 462 g/mol. The zero-order valence-electron chi connectivity index (χ0n) is 22.8. The largest absolute Gasteiger partial charge is 0.493 e. The van der Waals surface area contributed by atoms with Gasteiger partial charge in [-0.05, 0) is 92.3 Å². The van der Waals surface area contributed by atoms with E-state index in [4.69, 9.17) is 14.6 Å². The zero-order chi connectivity index (χ0) is 26.7. The first-order valence-electron chi connectivity index (χ1n) is 12.4. The van der Waals surface area contributed by atoms with Crippen molar-refractivity contribution in [3.05, 3.63) is 94.2 Å². The number of methoxy groups -OCH3 is 2. The third kappa shape index (κ3) is 5.53. The quantitative estimate of drug-likeness (QED) is 0.295. The maximum absolute atomic E-state index is 13.8. The standard InChI is InChI=1S/C31H35N3O3/c1-20-8-9-22(3)27(16-20)34-28(19-26(32-34)25-12-10-21(2)23(4)17-25)31(35)33(5)15-14-24-11-13-29(36-6)30(18-24)37-7/h8-13,16-19H,14-15H2,1-7H3. The van der Waals surface area contributed by atoms with Gasteiger partial charge in [0.05, 0.1) is 25.6 Å². The lowest BCUT2D eigenvalue weighted by Crippen LogP contribution is -2.30. The maximum Gasteiger partial charge on any atom is 0.272 e. The second-order valence-electron chi connectivity index (χ2n) is 9.58. The van der Waals surface area contributed by atoms with Crippen LogP contribution in [-0.4, -0.2) is 48.4 Å². The summed E-state index contributed by atoms with van der Waals surface area (Å²) in [4.78, 5) is 15.5. The number of hydrogen-bond donors (Lipinski definition) is 0. The van der Waals surface area contributed by atoms with Crippen molar-refractivity contribution in [2.24, 2.45) is 0 Å². The Hall–Kier alpha value is -4.06. The van der Waals surface area contributed by atoms with Gasteiger partial charge < -0.3 is 14.4 Å². The molecule has 192 valence electrons. The number of likely N-dealkylation sites (N-methyl/N-ethyl adjacent to an activating group) is 1. The zero-order valence-corrected chi connectivity index (χ0v) is 22.8. The molecule has 1 amide bonds. The molecule has 1 aromatic heterocycles. The molecule has 0 saturated heterocycles. The first-order valence-corrected chi connectivity index (χ1v) is 12.4. The SMILES string of the molecule is COc1ccc(CCN(C)C(=O)c2cc(-c3ccc(C)c(C)c3)nn2-c2cc(C)ccc2C)cc1OC. The van der Waals surface area contributed by atoms with E-state index in [-0.39, 0.29) is 5.91 Å². The van der Waals surface area contributed by atoms with E-state index in [1.165, 1.54) is 11.1 Å². The van der Waals surface area contributed by atoms with E-state index >= 15 is 0 Å². The molecule has 0 fully saturated rings. The van der Waals surface area contributed by atoms with Gasteiger partial charge in [0.25, 0.3) is 5.91 Å². The number of carbonyl (C=O) groups is 1. The summed E-state index contributed by atoms with van der Waals surface area (Å²) in [7, 11) is 5.08. The van der Waals surface area contributed by atoms with E-state index in [1.807, 2.05) is 45.2 Å². The fraction of sp³-hybridized carbons (Fsp3) is 0.290. The van der Waals surface area contributed by atoms with Gasteiger partial charge in [-0.1, -0.05) is 30.3 Å². The number of amides is 1. The second kappa shape index (κ2) is 10.9. The third-order valence-electron chi connectivity index (χ3n) is 6.85. The van der Waals surface area contributed by atoms with Gasteiger partial charge in [0.1, 0.15) is 5.69 Å². The number of rotatable bonds is 8. The Morgan fingerprint density at radius 2 is 1.57 bits per heavy atom. The number of aromatic nitrogens is 2. The molecule has 6 nitrogen and oxygen atoms in total. The first-order chi connectivity index (χ1) is 17.7. The van der Waals surface area contributed by atoms with Crippen LogP contribution in [0.5, 0.6) is 11.5 Å². The molecule has 0 aliphatic heterocycles. The Kier molecular flexibility index (Phi) is 7.67. The molecule has 0 bridgehead atoms. The third-order valence-corrected chi connectivity index (χ3v) is 6.85. The first kappa shape index (κ1) is 26.0. The predicted molar refractivity (Wildman–Crippen MR) is 148 cm³/mol. The number of hydrogen-bond acceptors (Lipinski definition) is 4. The molecule has 0 spiro atoms. The molecule has 3 aromatic carbocycles. The highest BCUT2D eigenvalue weighted by Gasteiger charge is 2.22. The van der Waals surface area contributed by atoms with Crippen LogP contribution < -0.4 is 9.47 Å². The molecule has 4 rings (SSSR count). The van der Waals surface area contributed by atoms with Gasteiger partial charge in [-0.2, -0.15) is 5.10 Å². The van der Waals surface area contributed by atoms with Crippen molar-refractivity contribution in [3.8, 4) is 28.4 Å². The van der Waals surface area contributed by atoms with E-state index in [9.17, 15) is 4.79 Å². The summed E-state index contributed by atoms with van der Waals surface area (Å²) in [6.07, 6.45) is 0.685. The highest BCUT2D eigenvalue weighted by molar-refractivity contribution is 5.94. The van der Waals surface area contributed by atoms with Crippen LogP contribution in [0, 0.1) is 27.7 Å². The van der Waals surface area contributed by atoms with E-state index < -0.39 is 0 Å². The molecule has 1 heterocycles. The van der Waals surface area contributed by atoms with Crippen LogP contribution in [0.25, 0.3) is 16.9 Å². The van der Waals surface area contributed by atoms with E-state index in [0.717, 1.165) is 33.6 Å². The molecular formula is C31H35N3O3. The Bertz CT molecular complexity index is 1440. The minimum absolute atomic E-state index is 0.0797. The molecule has 0 atom stereocenters.